The van der Waals surface area contributed by atoms with Crippen molar-refractivity contribution in [1.82, 2.24) is 0 Å². The van der Waals surface area contributed by atoms with Gasteiger partial charge in [-0.15, -0.1) is 0 Å². The van der Waals surface area contributed by atoms with Crippen molar-refractivity contribution in [2.75, 3.05) is 9.80 Å². The summed E-state index contributed by atoms with van der Waals surface area (Å²) in [5, 5.41) is 0. The Bertz CT molecular complexity index is 1550. The first-order valence-electron chi connectivity index (χ1n) is 13.1. The summed E-state index contributed by atoms with van der Waals surface area (Å²) in [4.78, 5) is 4.46. The number of para-hydroxylation sites is 2. The number of anilines is 5. The predicted molar refractivity (Wildman–Crippen MR) is 168 cm³/mol. The molecule has 0 aliphatic heterocycles. The lowest BCUT2D eigenvalue weighted by atomic mass is 10.0. The van der Waals surface area contributed by atoms with Crippen molar-refractivity contribution in [3.8, 4) is 11.1 Å². The Labute approximate surface area is 232 Å². The van der Waals surface area contributed by atoms with Crippen LogP contribution < -0.4 is 9.80 Å². The number of benzene rings is 5. The number of rotatable bonds is 9. The summed E-state index contributed by atoms with van der Waals surface area (Å²) in [7, 11) is 0. The van der Waals surface area contributed by atoms with Crippen LogP contribution in [0.2, 0.25) is 0 Å². The highest BCUT2D eigenvalue weighted by molar-refractivity contribution is 5.80. The van der Waals surface area contributed by atoms with Crippen LogP contribution in [0, 0.1) is 6.92 Å². The molecule has 2 heteroatoms. The molecule has 0 radical (unpaired) electrons. The first kappa shape index (κ1) is 25.6. The molecule has 5 rings (SSSR count). The van der Waals surface area contributed by atoms with E-state index in [0.717, 1.165) is 34.1 Å². The van der Waals surface area contributed by atoms with Crippen molar-refractivity contribution in [2.24, 2.45) is 0 Å². The lowest BCUT2D eigenvalue weighted by Crippen LogP contribution is -2.15. The average molecular weight is 505 g/mol. The molecule has 5 aromatic rings. The van der Waals surface area contributed by atoms with Crippen molar-refractivity contribution >= 4 is 28.4 Å². The summed E-state index contributed by atoms with van der Waals surface area (Å²) < 4.78 is 0. The molecule has 190 valence electrons. The zero-order chi connectivity index (χ0) is 27.0. The van der Waals surface area contributed by atoms with Crippen molar-refractivity contribution in [3.05, 3.63) is 176 Å². The molecule has 0 aliphatic carbocycles. The van der Waals surface area contributed by atoms with E-state index < -0.39 is 0 Å². The minimum Gasteiger partial charge on any atom is -0.311 e. The van der Waals surface area contributed by atoms with Crippen molar-refractivity contribution in [3.63, 3.8) is 0 Å². The number of hydrogen-bond donors (Lipinski definition) is 0. The molecule has 0 heterocycles. The first-order valence-corrected chi connectivity index (χ1v) is 13.1. The molecule has 0 bridgehead atoms. The number of allylic oxidation sites excluding steroid dienone is 3. The Morgan fingerprint density at radius 2 is 0.923 bits per heavy atom. The molecular formula is C37H32N2. The highest BCUT2D eigenvalue weighted by Gasteiger charge is 2.16. The van der Waals surface area contributed by atoms with Crippen LogP contribution in [0.1, 0.15) is 5.56 Å². The first-order chi connectivity index (χ1) is 19.2. The zero-order valence-corrected chi connectivity index (χ0v) is 22.2. The van der Waals surface area contributed by atoms with E-state index in [2.05, 4.69) is 139 Å². The van der Waals surface area contributed by atoms with Gasteiger partial charge in [0.15, 0.2) is 0 Å². The van der Waals surface area contributed by atoms with Gasteiger partial charge in [-0.05, 0) is 90.9 Å². The van der Waals surface area contributed by atoms with Crippen molar-refractivity contribution in [1.29, 1.82) is 0 Å². The molecule has 0 unspecified atom stereocenters. The molecule has 0 aromatic heterocycles. The summed E-state index contributed by atoms with van der Waals surface area (Å²) in [5.41, 5.74) is 10.0. The van der Waals surface area contributed by atoms with Crippen LogP contribution in [-0.2, 0) is 0 Å². The zero-order valence-electron chi connectivity index (χ0n) is 22.2. The van der Waals surface area contributed by atoms with E-state index in [-0.39, 0.29) is 0 Å². The maximum absolute atomic E-state index is 4.04. The maximum atomic E-state index is 4.04. The maximum Gasteiger partial charge on any atom is 0.0463 e. The van der Waals surface area contributed by atoms with Crippen LogP contribution in [0.3, 0.4) is 0 Å². The molecule has 0 spiro atoms. The Kier molecular flexibility index (Phi) is 7.85. The van der Waals surface area contributed by atoms with Crippen molar-refractivity contribution in [2.45, 2.75) is 6.92 Å². The summed E-state index contributed by atoms with van der Waals surface area (Å²) in [5.74, 6) is 0. The van der Waals surface area contributed by atoms with E-state index in [1.165, 1.54) is 16.7 Å². The third-order valence-electron chi connectivity index (χ3n) is 6.66. The highest BCUT2D eigenvalue weighted by atomic mass is 15.2. The van der Waals surface area contributed by atoms with E-state index >= 15 is 0 Å². The number of aryl methyl sites for hydroxylation is 1. The van der Waals surface area contributed by atoms with Gasteiger partial charge in [0.05, 0.1) is 0 Å². The highest BCUT2D eigenvalue weighted by Crippen LogP contribution is 2.38. The third-order valence-corrected chi connectivity index (χ3v) is 6.66. The topological polar surface area (TPSA) is 6.48 Å². The average Bonchev–Trinajstić information content (AvgIpc) is 3.00. The lowest BCUT2D eigenvalue weighted by molar-refractivity contribution is 1.20. The van der Waals surface area contributed by atoms with E-state index in [0.29, 0.717) is 0 Å². The molecule has 0 amide bonds. The van der Waals surface area contributed by atoms with Gasteiger partial charge >= 0.3 is 0 Å². The second-order valence-corrected chi connectivity index (χ2v) is 9.30. The predicted octanol–water partition coefficient (Wildman–Crippen LogP) is 10.5. The van der Waals surface area contributed by atoms with Crippen LogP contribution >= 0.6 is 0 Å². The Hall–Kier alpha value is -5.08. The standard InChI is InChI=1S/C37H32N2/c1-4-12-32(5-2)38(33-13-8-6-9-14-33)36-25-27-37(28-26-36)39(34-15-10-7-11-16-34)35-23-21-31(22-24-35)30-19-17-29(3)18-20-30/h4-28H,1-2H2,3H3/b32-12+. The van der Waals surface area contributed by atoms with Crippen LogP contribution in [0.5, 0.6) is 0 Å². The summed E-state index contributed by atoms with van der Waals surface area (Å²) >= 11 is 0. The SMILES string of the molecule is C=C/C=C(\C=C)N(c1ccccc1)c1ccc(N(c2ccccc2)c2ccc(-c3ccc(C)cc3)cc2)cc1. The Balaban J connectivity index is 1.53. The van der Waals surface area contributed by atoms with Gasteiger partial charge in [-0.2, -0.15) is 0 Å². The van der Waals surface area contributed by atoms with E-state index in [1.807, 2.05) is 36.4 Å². The van der Waals surface area contributed by atoms with Gasteiger partial charge in [-0.25, -0.2) is 0 Å². The van der Waals surface area contributed by atoms with Crippen LogP contribution in [0.25, 0.3) is 11.1 Å². The molecule has 0 N–H and O–H groups in total. The summed E-state index contributed by atoms with van der Waals surface area (Å²) in [6, 6.07) is 46.8. The van der Waals surface area contributed by atoms with Crippen LogP contribution in [0.15, 0.2) is 171 Å². The molecule has 5 aromatic carbocycles. The van der Waals surface area contributed by atoms with E-state index in [4.69, 9.17) is 0 Å². The molecule has 0 saturated heterocycles. The second kappa shape index (κ2) is 12.0. The second-order valence-electron chi connectivity index (χ2n) is 9.30. The normalized spacial score (nSPS) is 11.1. The molecule has 39 heavy (non-hydrogen) atoms. The lowest BCUT2D eigenvalue weighted by Gasteiger charge is -2.28. The number of nitrogens with zero attached hydrogens (tertiary/aromatic N) is 2. The molecule has 0 aliphatic rings. The summed E-state index contributed by atoms with van der Waals surface area (Å²) in [6.07, 6.45) is 5.62. The van der Waals surface area contributed by atoms with E-state index in [9.17, 15) is 0 Å². The molecular weight excluding hydrogens is 472 g/mol. The molecule has 2 nitrogen and oxygen atoms in total. The van der Waals surface area contributed by atoms with Crippen LogP contribution in [0.4, 0.5) is 28.4 Å². The van der Waals surface area contributed by atoms with E-state index in [1.54, 1.807) is 6.08 Å². The van der Waals surface area contributed by atoms with Gasteiger partial charge in [0.25, 0.3) is 0 Å². The fourth-order valence-electron chi connectivity index (χ4n) is 4.70. The molecule has 0 fully saturated rings. The van der Waals surface area contributed by atoms with Gasteiger partial charge in [-0.3, -0.25) is 0 Å². The fraction of sp³-hybridized carbons (Fsp3) is 0.0270. The minimum atomic E-state index is 0.954. The number of hydrogen-bond acceptors (Lipinski definition) is 2. The Morgan fingerprint density at radius 1 is 0.513 bits per heavy atom. The molecule has 0 saturated carbocycles. The largest absolute Gasteiger partial charge is 0.311 e. The van der Waals surface area contributed by atoms with Crippen LogP contribution in [-0.4, -0.2) is 0 Å². The fourth-order valence-corrected chi connectivity index (χ4v) is 4.70. The van der Waals surface area contributed by atoms with Gasteiger partial charge in [-0.1, -0.05) is 97.6 Å². The van der Waals surface area contributed by atoms with Gasteiger partial charge in [0.1, 0.15) is 0 Å². The minimum absolute atomic E-state index is 0.954. The van der Waals surface area contributed by atoms with Crippen molar-refractivity contribution < 1.29 is 0 Å². The molecule has 0 atom stereocenters. The van der Waals surface area contributed by atoms with Gasteiger partial charge in [0.2, 0.25) is 0 Å². The van der Waals surface area contributed by atoms with Gasteiger partial charge in [0, 0.05) is 34.1 Å². The quantitative estimate of drug-likeness (QED) is 0.184. The third kappa shape index (κ3) is 5.76. The summed E-state index contributed by atoms with van der Waals surface area (Å²) in [6.45, 7) is 10.1. The Morgan fingerprint density at radius 3 is 1.44 bits per heavy atom. The smallest absolute Gasteiger partial charge is 0.0463 e. The monoisotopic (exact) mass is 504 g/mol. The van der Waals surface area contributed by atoms with Gasteiger partial charge < -0.3 is 9.80 Å².